The number of anilines is 1. The Balaban J connectivity index is 0.000000114. The van der Waals surface area contributed by atoms with E-state index in [-0.39, 0.29) is 40.1 Å². The Kier molecular flexibility index (Phi) is 17.1. The average molecular weight is 1410 g/mol. The second-order valence-electron chi connectivity index (χ2n) is 28.7. The Labute approximate surface area is 622 Å². The quantitative estimate of drug-likeness (QED) is 0.108. The minimum atomic E-state index is -2.16. The van der Waals surface area contributed by atoms with Gasteiger partial charge in [-0.25, -0.2) is 29.1 Å². The fraction of sp³-hybridized carbons (Fsp3) is 0.232. The van der Waals surface area contributed by atoms with E-state index >= 15 is 0 Å². The molecule has 12 aromatic rings. The smallest absolute Gasteiger partial charge is 0.424 e. The van der Waals surface area contributed by atoms with E-state index in [0.717, 1.165) is 64.1 Å². The van der Waals surface area contributed by atoms with E-state index in [4.69, 9.17) is 21.8 Å². The van der Waals surface area contributed by atoms with Crippen LogP contribution in [0.15, 0.2) is 213 Å². The van der Waals surface area contributed by atoms with Crippen LogP contribution < -0.4 is 57.7 Å². The Morgan fingerprint density at radius 3 is 1.25 bits per heavy atom. The van der Waals surface area contributed by atoms with Gasteiger partial charge in [-0.2, -0.15) is 0 Å². The Hall–Kier alpha value is -11.9. The van der Waals surface area contributed by atoms with Crippen molar-refractivity contribution in [2.24, 2.45) is 7.05 Å². The number of hydrogen-bond acceptors (Lipinski definition) is 18. The molecule has 0 bridgehead atoms. The van der Waals surface area contributed by atoms with Gasteiger partial charge in [-0.05, 0) is 175 Å². The van der Waals surface area contributed by atoms with Crippen molar-refractivity contribution >= 4 is 132 Å². The van der Waals surface area contributed by atoms with E-state index in [1.54, 1.807) is 31.0 Å². The number of rotatable bonds is 9. The van der Waals surface area contributed by atoms with Crippen LogP contribution in [0.3, 0.4) is 0 Å². The Bertz CT molecular complexity index is 6080. The molecule has 3 atom stereocenters. The van der Waals surface area contributed by atoms with Gasteiger partial charge in [-0.3, -0.25) is 0 Å². The highest BCUT2D eigenvalue weighted by Crippen LogP contribution is 2.36. The van der Waals surface area contributed by atoms with Crippen LogP contribution in [0.2, 0.25) is 0 Å². The van der Waals surface area contributed by atoms with Crippen LogP contribution in [0, 0.1) is 0 Å². The number of imidazole rings is 1. The van der Waals surface area contributed by atoms with Crippen LogP contribution in [-0.2, 0) is 7.05 Å². The molecule has 0 radical (unpaired) electrons. The molecule has 3 aromatic carbocycles. The monoisotopic (exact) mass is 1410 g/mol. The summed E-state index contributed by atoms with van der Waals surface area (Å²) in [6.07, 6.45) is 32.1. The van der Waals surface area contributed by atoms with Crippen molar-refractivity contribution in [1.29, 1.82) is 0 Å². The highest BCUT2D eigenvalue weighted by molar-refractivity contribution is 6.82. The van der Waals surface area contributed by atoms with Crippen LogP contribution in [0.5, 0.6) is 0 Å². The van der Waals surface area contributed by atoms with Crippen LogP contribution in [0.25, 0.3) is 110 Å². The minimum absolute atomic E-state index is 0.00288. The second kappa shape index (κ2) is 27.9. The van der Waals surface area contributed by atoms with E-state index in [2.05, 4.69) is 298 Å². The molecule has 0 unspecified atom stereocenters. The molecule has 0 saturated carbocycles. The molecule has 24 heteroatoms. The van der Waals surface area contributed by atoms with E-state index in [9.17, 15) is 0 Å². The second-order valence-corrected chi connectivity index (χ2v) is 28.7. The summed E-state index contributed by atoms with van der Waals surface area (Å²) >= 11 is 0. The van der Waals surface area contributed by atoms with Crippen molar-refractivity contribution in [3.63, 3.8) is 0 Å². The Morgan fingerprint density at radius 1 is 0.443 bits per heavy atom. The van der Waals surface area contributed by atoms with Gasteiger partial charge >= 0.3 is 27.8 Å². The fourth-order valence-electron chi connectivity index (χ4n) is 15.4. The molecule has 9 aromatic heterocycles. The van der Waals surface area contributed by atoms with Gasteiger partial charge in [0.15, 0.2) is 0 Å². The maximum atomic E-state index is 7.63. The predicted molar refractivity (Wildman–Crippen MR) is 429 cm³/mol. The van der Waals surface area contributed by atoms with Gasteiger partial charge < -0.3 is 66.0 Å². The van der Waals surface area contributed by atoms with E-state index in [1.165, 1.54) is 44.3 Å². The summed E-state index contributed by atoms with van der Waals surface area (Å²) in [5.41, 5.74) is 15.0. The third-order valence-corrected chi connectivity index (χ3v) is 21.4. The number of fused-ring (bicyclic) bond motifs is 12. The normalized spacial score (nSPS) is 18.2. The molecule has 0 N–H and O–H groups in total. The van der Waals surface area contributed by atoms with Crippen LogP contribution in [0.1, 0.15) is 75.5 Å². The largest absolute Gasteiger partial charge is 0.439 e. The van der Waals surface area contributed by atoms with Gasteiger partial charge in [-0.1, -0.05) is 76.2 Å². The molecule has 0 aliphatic carbocycles. The first kappa shape index (κ1) is 64.9. The fourth-order valence-corrected chi connectivity index (χ4v) is 15.4. The molecule has 16 heterocycles. The zero-order valence-electron chi connectivity index (χ0n) is 65.1. The highest BCUT2D eigenvalue weighted by Gasteiger charge is 2.40. The molecule has 0 saturated heterocycles. The van der Waals surface area contributed by atoms with Gasteiger partial charge in [0.25, 0.3) is 0 Å². The third kappa shape index (κ3) is 12.4. The highest BCUT2D eigenvalue weighted by atomic mass is 16.3. The van der Waals surface area contributed by atoms with Crippen molar-refractivity contribution in [3.8, 4) is 16.8 Å². The zero-order chi connectivity index (χ0) is 75.8. The molecular formula is C82H87B4N16O4+. The summed E-state index contributed by atoms with van der Waals surface area (Å²) in [5.74, 6) is 9.29. The van der Waals surface area contributed by atoms with Crippen molar-refractivity contribution in [2.45, 2.75) is 78.8 Å². The van der Waals surface area contributed by atoms with Crippen LogP contribution in [-0.4, -0.2) is 156 Å². The molecule has 7 aliphatic heterocycles. The van der Waals surface area contributed by atoms with Crippen molar-refractivity contribution in [2.75, 3.05) is 47.1 Å². The molecule has 0 fully saturated rings. The summed E-state index contributed by atoms with van der Waals surface area (Å²) in [6, 6.07) is 41.8. The third-order valence-electron chi connectivity index (χ3n) is 21.4. The van der Waals surface area contributed by atoms with Gasteiger partial charge in [0, 0.05) is 158 Å². The number of benzene rings is 3. The first-order valence-electron chi connectivity index (χ1n) is 37.7. The number of furan rings is 4. The SMILES string of the molecule is CC(C)c1cc(-c2ccccc2)cc(C(C)C)c1-n1cc[n+](C)c1B1C=c2oc3ncccc3c2=CN1C.C[C@@H]1N(B2C=c3oc4ncccc4c3=CN2C)C=CN1c1ccccc1.C[C@H]1N(C)C=CN1B1C=c2oc3ncccc3c2=CN1C.[2H]C([2H])([2H])N1C=CN(B2C=c3oc4ncccc4c3=CN2C)[C@H]1C. The molecule has 0 spiro atoms. The Morgan fingerprint density at radius 2 is 0.840 bits per heavy atom. The molecule has 0 amide bonds. The first-order chi connectivity index (χ1) is 52.6. The lowest BCUT2D eigenvalue weighted by atomic mass is 9.58. The van der Waals surface area contributed by atoms with Gasteiger partial charge in [0.1, 0.15) is 39.7 Å². The number of nitrogens with zero attached hydrogens (tertiary/aromatic N) is 16. The maximum Gasteiger partial charge on any atom is 0.424 e. The number of pyridine rings is 4. The summed E-state index contributed by atoms with van der Waals surface area (Å²) in [4.78, 5) is 38.6. The molecule has 19 rings (SSSR count). The lowest BCUT2D eigenvalue weighted by Crippen LogP contribution is -2.62. The zero-order valence-corrected chi connectivity index (χ0v) is 62.1. The van der Waals surface area contributed by atoms with Gasteiger partial charge in [0.2, 0.25) is 28.6 Å². The summed E-state index contributed by atoms with van der Waals surface area (Å²) < 4.78 is 51.5. The van der Waals surface area contributed by atoms with Crippen LogP contribution in [0.4, 0.5) is 5.69 Å². The molecule has 7 aliphatic rings. The molecule has 530 valence electrons. The van der Waals surface area contributed by atoms with Crippen molar-refractivity contribution in [3.05, 3.63) is 249 Å². The van der Waals surface area contributed by atoms with Crippen molar-refractivity contribution < 1.29 is 26.3 Å². The summed E-state index contributed by atoms with van der Waals surface area (Å²) in [5, 5.41) is 8.44. The number of para-hydroxylation sites is 1. The molecule has 106 heavy (non-hydrogen) atoms. The minimum Gasteiger partial charge on any atom is -0.439 e. The predicted octanol–water partition coefficient (Wildman–Crippen LogP) is 6.98. The topological polar surface area (TPSA) is 145 Å². The lowest BCUT2D eigenvalue weighted by Gasteiger charge is -2.36. The average Bonchev–Trinajstić information content (AvgIpc) is 1.66. The number of aromatic nitrogens is 6. The number of aryl methyl sites for hydroxylation is 1. The summed E-state index contributed by atoms with van der Waals surface area (Å²) in [6.45, 7) is 13.4. The van der Waals surface area contributed by atoms with Crippen LogP contribution >= 0.6 is 0 Å². The van der Waals surface area contributed by atoms with E-state index in [1.807, 2.05) is 78.4 Å². The lowest BCUT2D eigenvalue weighted by molar-refractivity contribution is -0.653. The van der Waals surface area contributed by atoms with Gasteiger partial charge in [0.05, 0.1) is 25.5 Å². The first-order valence-corrected chi connectivity index (χ1v) is 36.2. The maximum absolute atomic E-state index is 7.63. The molecule has 20 nitrogen and oxygen atoms in total. The molecular weight excluding hydrogens is 1320 g/mol. The standard InChI is InChI=1S/C32H34BN4O.C20H19BN4O.2C15H17BN4O/c1-21(2)26-17-24(23-11-8-7-9-12-23)18-27(22(3)4)30(26)37-16-15-35(5)32(37)33-19-29-28(20-36(33)6)25-13-10-14-34-31(25)38-29;1-15-24(16-7-4-3-5-8-16)11-12-25(15)21-13-19-18(14-23(21)2)17-9-6-10-22-20(17)26-19;2*1-11-18(2)7-8-20(11)16-9-14-13(10-19(16)3)12-5-4-6-17-15(12)21-14/h7-22H,1-6H3;3-15H,1-2H3;2*4-11H,1-3H3/q+1;;;/t;15-;2*11-/m.000/s1/i;;2D3;. The van der Waals surface area contributed by atoms with E-state index < -0.39 is 6.98 Å². The number of hydrogen-bond donors (Lipinski definition) is 0. The summed E-state index contributed by atoms with van der Waals surface area (Å²) in [7, 11) is 12.5. The van der Waals surface area contributed by atoms with Crippen molar-refractivity contribution in [1.82, 2.24) is 68.0 Å². The van der Waals surface area contributed by atoms with E-state index in [0.29, 0.717) is 40.9 Å². The van der Waals surface area contributed by atoms with Gasteiger partial charge in [-0.15, -0.1) is 0 Å².